The molecule has 0 aliphatic rings. The molecule has 1 aromatic heterocycles. The number of benzene rings is 3. The van der Waals surface area contributed by atoms with Crippen molar-refractivity contribution in [2.75, 3.05) is 37.9 Å². The monoisotopic (exact) mass is 805 g/mol. The minimum Gasteiger partial charge on any atom is -0.492 e. The molecule has 0 unspecified atom stereocenters. The van der Waals surface area contributed by atoms with Crippen molar-refractivity contribution in [3.63, 3.8) is 0 Å². The second kappa shape index (κ2) is 23.5. The number of ether oxygens (including phenoxy) is 2. The van der Waals surface area contributed by atoms with Gasteiger partial charge in [0.1, 0.15) is 30.0 Å². The zero-order valence-electron chi connectivity index (χ0n) is 30.6. The Kier molecular flexibility index (Phi) is 18.9. The molecule has 16 nitrogen and oxygen atoms in total. The number of carboxylic acids is 4. The van der Waals surface area contributed by atoms with Crippen LogP contribution in [0.5, 0.6) is 11.5 Å². The van der Waals surface area contributed by atoms with Gasteiger partial charge in [-0.25, -0.2) is 23.6 Å². The largest absolute Gasteiger partial charge is 0.492 e. The number of nitrogens with one attached hydrogen (secondary N) is 2. The summed E-state index contributed by atoms with van der Waals surface area (Å²) in [6.07, 6.45) is 6.92. The van der Waals surface area contributed by atoms with E-state index in [0.29, 0.717) is 93.1 Å². The predicted molar refractivity (Wildman–Crippen MR) is 208 cm³/mol. The Morgan fingerprint density at radius 3 is 2.04 bits per heavy atom. The van der Waals surface area contributed by atoms with E-state index >= 15 is 0 Å². The molecule has 3 aromatic carbocycles. The molecule has 0 spiro atoms. The van der Waals surface area contributed by atoms with Gasteiger partial charge >= 0.3 is 23.9 Å². The fraction of sp³-hybridized carbons (Fsp3) is 0.154. The number of rotatable bonds is 15. The van der Waals surface area contributed by atoms with E-state index in [1.807, 2.05) is 25.9 Å². The topological polar surface area (TPSA) is 249 Å². The predicted octanol–water partition coefficient (Wildman–Crippen LogP) is 6.10. The molecule has 0 fully saturated rings. The van der Waals surface area contributed by atoms with E-state index in [0.717, 1.165) is 0 Å². The highest BCUT2D eigenvalue weighted by Gasteiger charge is 2.16. The Hall–Kier alpha value is -7.29. The number of fused-ring (bicyclic) bond motifs is 1. The SMILES string of the molecule is CCOc1cc2ncc(C#N)c(Nc3ccc(OCc4cccc(F)c4)c(Cl)c3)c2cc1NC(=O)/C=C/CN(C)C.O=C(O)/C=C\C(=O)O.O=C(O)/C=C\C(=O)O. The first-order valence-electron chi connectivity index (χ1n) is 16.4. The summed E-state index contributed by atoms with van der Waals surface area (Å²) < 4.78 is 25.0. The molecule has 0 bridgehead atoms. The zero-order chi connectivity index (χ0) is 42.5. The number of anilines is 3. The molecule has 0 aliphatic heterocycles. The number of nitriles is 1. The quantitative estimate of drug-likeness (QED) is 0.0743. The average Bonchev–Trinajstić information content (AvgIpc) is 3.14. The lowest BCUT2D eigenvalue weighted by Gasteiger charge is -2.16. The maximum absolute atomic E-state index is 13.5. The Morgan fingerprint density at radius 1 is 0.877 bits per heavy atom. The lowest BCUT2D eigenvalue weighted by atomic mass is 10.1. The first-order chi connectivity index (χ1) is 27.0. The highest BCUT2D eigenvalue weighted by atomic mass is 35.5. The van der Waals surface area contributed by atoms with Crippen LogP contribution in [0.4, 0.5) is 21.5 Å². The molecule has 6 N–H and O–H groups in total. The van der Waals surface area contributed by atoms with Crippen molar-refractivity contribution in [2.45, 2.75) is 13.5 Å². The van der Waals surface area contributed by atoms with Gasteiger partial charge in [-0.1, -0.05) is 29.8 Å². The minimum atomic E-state index is -1.26. The van der Waals surface area contributed by atoms with Crippen LogP contribution in [0.2, 0.25) is 5.02 Å². The van der Waals surface area contributed by atoms with Crippen molar-refractivity contribution in [3.05, 3.63) is 119 Å². The molecule has 18 heteroatoms. The van der Waals surface area contributed by atoms with E-state index in [9.17, 15) is 33.6 Å². The number of likely N-dealkylation sites (N-methyl/N-ethyl adjacent to an activating group) is 1. The van der Waals surface area contributed by atoms with Gasteiger partial charge in [-0.2, -0.15) is 5.26 Å². The Balaban J connectivity index is 0.000000587. The number of hydrogen-bond acceptors (Lipinski definition) is 11. The van der Waals surface area contributed by atoms with Gasteiger partial charge in [0.25, 0.3) is 0 Å². The van der Waals surface area contributed by atoms with Gasteiger partial charge in [0.2, 0.25) is 5.91 Å². The molecule has 1 amide bonds. The number of carbonyl (C=O) groups excluding carboxylic acids is 1. The molecular weight excluding hydrogens is 769 g/mol. The summed E-state index contributed by atoms with van der Waals surface area (Å²) in [6, 6.07) is 16.9. The summed E-state index contributed by atoms with van der Waals surface area (Å²) in [7, 11) is 3.82. The number of halogens is 2. The zero-order valence-corrected chi connectivity index (χ0v) is 31.4. The van der Waals surface area contributed by atoms with E-state index < -0.39 is 23.9 Å². The minimum absolute atomic E-state index is 0.152. The van der Waals surface area contributed by atoms with Gasteiger partial charge in [0.15, 0.2) is 0 Å². The van der Waals surface area contributed by atoms with Gasteiger partial charge in [-0.3, -0.25) is 9.78 Å². The maximum Gasteiger partial charge on any atom is 0.328 e. The van der Waals surface area contributed by atoms with Crippen molar-refractivity contribution in [1.82, 2.24) is 9.88 Å². The van der Waals surface area contributed by atoms with Crippen LogP contribution in [0.3, 0.4) is 0 Å². The number of carbonyl (C=O) groups is 5. The third-order valence-electron chi connectivity index (χ3n) is 6.61. The van der Waals surface area contributed by atoms with Crippen molar-refractivity contribution >= 4 is 69.4 Å². The molecule has 0 saturated heterocycles. The van der Waals surface area contributed by atoms with Crippen LogP contribution in [0.1, 0.15) is 18.1 Å². The van der Waals surface area contributed by atoms with Gasteiger partial charge < -0.3 is 45.4 Å². The third-order valence-corrected chi connectivity index (χ3v) is 6.90. The molecule has 0 saturated carbocycles. The van der Waals surface area contributed by atoms with Crippen LogP contribution in [-0.4, -0.2) is 87.3 Å². The summed E-state index contributed by atoms with van der Waals surface area (Å²) in [4.78, 5) is 57.2. The van der Waals surface area contributed by atoms with E-state index in [2.05, 4.69) is 21.7 Å². The fourth-order valence-corrected chi connectivity index (χ4v) is 4.50. The van der Waals surface area contributed by atoms with Crippen LogP contribution < -0.4 is 20.1 Å². The molecule has 0 radical (unpaired) electrons. The Bertz CT molecular complexity index is 2150. The van der Waals surface area contributed by atoms with Crippen LogP contribution in [-0.2, 0) is 30.6 Å². The Morgan fingerprint density at radius 2 is 1.51 bits per heavy atom. The van der Waals surface area contributed by atoms with Crippen LogP contribution in [0.15, 0.2) is 97.3 Å². The van der Waals surface area contributed by atoms with E-state index in [-0.39, 0.29) is 18.3 Å². The molecule has 298 valence electrons. The number of amides is 1. The van der Waals surface area contributed by atoms with Crippen molar-refractivity contribution in [1.29, 1.82) is 5.26 Å². The lowest BCUT2D eigenvalue weighted by molar-refractivity contribution is -0.134. The number of carboxylic acid groups (broad SMARTS) is 4. The first kappa shape index (κ1) is 45.9. The second-order valence-corrected chi connectivity index (χ2v) is 11.7. The standard InChI is InChI=1S/C31H29ClFN5O3.2C4H4O4/c1-4-40-29-16-26-24(15-27(29)37-30(39)9-6-12-38(2)3)31(21(17-34)18-35-26)36-23-10-11-28(25(32)14-23)41-19-20-7-5-8-22(33)13-20;2*5-3(6)1-2-4(7)8/h5-11,13-16,18H,4,12,19H2,1-3H3,(H,35,36)(H,37,39);2*1-2H,(H,5,6)(H,7,8)/b9-6+;2*2-1-. The van der Waals surface area contributed by atoms with E-state index in [1.54, 1.807) is 48.5 Å². The smallest absolute Gasteiger partial charge is 0.328 e. The summed E-state index contributed by atoms with van der Waals surface area (Å²) in [6.45, 7) is 3.00. The fourth-order valence-electron chi connectivity index (χ4n) is 4.27. The second-order valence-electron chi connectivity index (χ2n) is 11.3. The number of pyridine rings is 1. The van der Waals surface area contributed by atoms with Gasteiger partial charge in [-0.05, 0) is 63.0 Å². The van der Waals surface area contributed by atoms with Crippen LogP contribution in [0, 0.1) is 17.1 Å². The molecule has 57 heavy (non-hydrogen) atoms. The number of nitrogens with zero attached hydrogens (tertiary/aromatic N) is 3. The summed E-state index contributed by atoms with van der Waals surface area (Å²) >= 11 is 6.49. The summed E-state index contributed by atoms with van der Waals surface area (Å²) in [5.74, 6) is -4.80. The number of hydrogen-bond donors (Lipinski definition) is 6. The molecular formula is C39H37ClFN5O11. The van der Waals surface area contributed by atoms with Crippen LogP contribution in [0.25, 0.3) is 10.9 Å². The normalized spacial score (nSPS) is 10.6. The van der Waals surface area contributed by atoms with Crippen molar-refractivity contribution in [2.24, 2.45) is 0 Å². The number of aliphatic carboxylic acids is 4. The molecule has 1 heterocycles. The molecule has 0 atom stereocenters. The van der Waals surface area contributed by atoms with E-state index in [1.165, 1.54) is 24.4 Å². The third kappa shape index (κ3) is 17.2. The molecule has 4 aromatic rings. The summed E-state index contributed by atoms with van der Waals surface area (Å²) in [5, 5.41) is 48.2. The average molecular weight is 806 g/mol. The lowest BCUT2D eigenvalue weighted by Crippen LogP contribution is -2.13. The van der Waals surface area contributed by atoms with E-state index in [4.69, 9.17) is 41.5 Å². The molecule has 0 aliphatic carbocycles. The van der Waals surface area contributed by atoms with Crippen LogP contribution >= 0.6 is 11.6 Å². The van der Waals surface area contributed by atoms with Gasteiger partial charge in [0.05, 0.1) is 34.1 Å². The van der Waals surface area contributed by atoms with Crippen molar-refractivity contribution < 1.29 is 58.3 Å². The summed E-state index contributed by atoms with van der Waals surface area (Å²) in [5.41, 5.74) is 3.07. The number of aromatic nitrogens is 1. The Labute approximate surface area is 330 Å². The molecule has 4 rings (SSSR count). The van der Waals surface area contributed by atoms with Gasteiger partial charge in [-0.15, -0.1) is 0 Å². The van der Waals surface area contributed by atoms with Crippen molar-refractivity contribution in [3.8, 4) is 17.6 Å². The van der Waals surface area contributed by atoms with Gasteiger partial charge in [0, 0.05) is 60.3 Å². The highest BCUT2D eigenvalue weighted by molar-refractivity contribution is 6.32. The maximum atomic E-state index is 13.5. The first-order valence-corrected chi connectivity index (χ1v) is 16.7. The highest BCUT2D eigenvalue weighted by Crippen LogP contribution is 2.37.